The molecule has 0 saturated carbocycles. The Morgan fingerprint density at radius 1 is 1.00 bits per heavy atom. The van der Waals surface area contributed by atoms with E-state index in [1.807, 2.05) is 0 Å². The van der Waals surface area contributed by atoms with Gasteiger partial charge in [0.25, 0.3) is 11.8 Å². The zero-order valence-corrected chi connectivity index (χ0v) is 11.8. The van der Waals surface area contributed by atoms with Gasteiger partial charge < -0.3 is 5.32 Å². The minimum atomic E-state index is -0.583. The molecule has 7 heteroatoms. The maximum atomic E-state index is 13.2. The summed E-state index contributed by atoms with van der Waals surface area (Å²) >= 11 is 5.65. The van der Waals surface area contributed by atoms with Crippen molar-refractivity contribution in [1.29, 1.82) is 0 Å². The highest BCUT2D eigenvalue weighted by atomic mass is 35.5. The van der Waals surface area contributed by atoms with Crippen molar-refractivity contribution < 1.29 is 18.4 Å². The van der Waals surface area contributed by atoms with Crippen LogP contribution in [-0.4, -0.2) is 23.4 Å². The van der Waals surface area contributed by atoms with Crippen molar-refractivity contribution in [3.8, 4) is 0 Å². The molecule has 0 atom stereocenters. The first-order valence-corrected chi connectivity index (χ1v) is 6.70. The Labute approximate surface area is 129 Å². The first-order chi connectivity index (χ1) is 10.5. The first-order valence-electron chi connectivity index (χ1n) is 6.32. The van der Waals surface area contributed by atoms with Crippen LogP contribution in [0.1, 0.15) is 20.7 Å². The number of fused-ring (bicyclic) bond motifs is 1. The highest BCUT2D eigenvalue weighted by molar-refractivity contribution is 6.31. The Balaban J connectivity index is 1.78. The molecule has 112 valence electrons. The molecule has 0 aliphatic carbocycles. The smallest absolute Gasteiger partial charge is 0.263 e. The number of hydrogen-bond donors (Lipinski definition) is 1. The van der Waals surface area contributed by atoms with Crippen molar-refractivity contribution in [3.63, 3.8) is 0 Å². The highest BCUT2D eigenvalue weighted by Crippen LogP contribution is 2.24. The third-order valence-corrected chi connectivity index (χ3v) is 3.58. The summed E-state index contributed by atoms with van der Waals surface area (Å²) in [6.07, 6.45) is 0. The maximum Gasteiger partial charge on any atom is 0.263 e. The van der Waals surface area contributed by atoms with E-state index >= 15 is 0 Å². The topological polar surface area (TPSA) is 49.4 Å². The molecule has 2 aromatic carbocycles. The molecule has 0 unspecified atom stereocenters. The largest absolute Gasteiger partial charge is 0.367 e. The molecule has 1 aliphatic rings. The number of amides is 2. The van der Waals surface area contributed by atoms with E-state index in [2.05, 4.69) is 5.32 Å². The van der Waals surface area contributed by atoms with Crippen LogP contribution in [0.2, 0.25) is 5.02 Å². The van der Waals surface area contributed by atoms with Crippen LogP contribution >= 0.6 is 11.6 Å². The van der Waals surface area contributed by atoms with Gasteiger partial charge in [-0.2, -0.15) is 0 Å². The molecule has 2 aromatic rings. The SMILES string of the molecule is O=C1c2ccc(F)cc2C(=O)N1CNc1ccc(F)c(Cl)c1. The average molecular weight is 323 g/mol. The van der Waals surface area contributed by atoms with Gasteiger partial charge in [-0.3, -0.25) is 14.5 Å². The van der Waals surface area contributed by atoms with E-state index in [1.165, 1.54) is 24.3 Å². The van der Waals surface area contributed by atoms with Gasteiger partial charge in [0.1, 0.15) is 11.6 Å². The second-order valence-electron chi connectivity index (χ2n) is 4.69. The normalized spacial score (nSPS) is 13.5. The van der Waals surface area contributed by atoms with E-state index in [9.17, 15) is 18.4 Å². The van der Waals surface area contributed by atoms with Gasteiger partial charge >= 0.3 is 0 Å². The second kappa shape index (κ2) is 5.38. The molecule has 0 fully saturated rings. The van der Waals surface area contributed by atoms with Crippen LogP contribution in [0, 0.1) is 11.6 Å². The quantitative estimate of drug-likeness (QED) is 0.882. The average Bonchev–Trinajstić information content (AvgIpc) is 2.72. The molecule has 1 heterocycles. The van der Waals surface area contributed by atoms with Gasteiger partial charge in [-0.1, -0.05) is 11.6 Å². The third-order valence-electron chi connectivity index (χ3n) is 3.29. The summed E-state index contributed by atoms with van der Waals surface area (Å²) in [5.74, 6) is -2.25. The third kappa shape index (κ3) is 2.42. The fourth-order valence-electron chi connectivity index (χ4n) is 2.18. The molecular weight excluding hydrogens is 314 g/mol. The van der Waals surface area contributed by atoms with Crippen molar-refractivity contribution in [2.45, 2.75) is 0 Å². The molecule has 3 rings (SSSR count). The molecule has 0 bridgehead atoms. The van der Waals surface area contributed by atoms with Crippen LogP contribution in [-0.2, 0) is 0 Å². The Hall–Kier alpha value is -2.47. The van der Waals surface area contributed by atoms with Crippen molar-refractivity contribution >= 4 is 29.1 Å². The van der Waals surface area contributed by atoms with Gasteiger partial charge in [0.2, 0.25) is 0 Å². The van der Waals surface area contributed by atoms with Crippen LogP contribution in [0.5, 0.6) is 0 Å². The van der Waals surface area contributed by atoms with E-state index in [0.717, 1.165) is 17.0 Å². The van der Waals surface area contributed by atoms with Gasteiger partial charge in [-0.25, -0.2) is 8.78 Å². The lowest BCUT2D eigenvalue weighted by atomic mass is 10.1. The summed E-state index contributed by atoms with van der Waals surface area (Å²) in [6.45, 7) is -0.129. The Morgan fingerprint density at radius 3 is 2.45 bits per heavy atom. The molecular formula is C15H9ClF2N2O2. The van der Waals surface area contributed by atoms with E-state index < -0.39 is 23.4 Å². The van der Waals surface area contributed by atoms with E-state index in [0.29, 0.717) is 5.69 Å². The predicted molar refractivity (Wildman–Crippen MR) is 76.8 cm³/mol. The Bertz CT molecular complexity index is 795. The van der Waals surface area contributed by atoms with Gasteiger partial charge in [-0.15, -0.1) is 0 Å². The predicted octanol–water partition coefficient (Wildman–Crippen LogP) is 3.28. The van der Waals surface area contributed by atoms with Gasteiger partial charge in [-0.05, 0) is 36.4 Å². The number of carbonyl (C=O) groups is 2. The molecule has 1 N–H and O–H groups in total. The van der Waals surface area contributed by atoms with Crippen molar-refractivity contribution in [3.05, 3.63) is 64.2 Å². The van der Waals surface area contributed by atoms with Crippen LogP contribution in [0.15, 0.2) is 36.4 Å². The number of benzene rings is 2. The number of rotatable bonds is 3. The number of halogens is 3. The number of carbonyl (C=O) groups excluding carboxylic acids is 2. The zero-order chi connectivity index (χ0) is 15.9. The van der Waals surface area contributed by atoms with Gasteiger partial charge in [0.15, 0.2) is 0 Å². The lowest BCUT2D eigenvalue weighted by molar-refractivity contribution is 0.0665. The molecule has 2 amide bonds. The summed E-state index contributed by atoms with van der Waals surface area (Å²) in [6, 6.07) is 7.38. The second-order valence-corrected chi connectivity index (χ2v) is 5.10. The summed E-state index contributed by atoms with van der Waals surface area (Å²) in [7, 11) is 0. The maximum absolute atomic E-state index is 13.2. The van der Waals surface area contributed by atoms with Crippen LogP contribution < -0.4 is 5.32 Å². The van der Waals surface area contributed by atoms with Crippen LogP contribution in [0.3, 0.4) is 0 Å². The van der Waals surface area contributed by atoms with Gasteiger partial charge in [0.05, 0.1) is 22.8 Å². The monoisotopic (exact) mass is 322 g/mol. The van der Waals surface area contributed by atoms with Crippen molar-refractivity contribution in [2.24, 2.45) is 0 Å². The molecule has 0 radical (unpaired) electrons. The molecule has 4 nitrogen and oxygen atoms in total. The number of hydrogen-bond acceptors (Lipinski definition) is 3. The highest BCUT2D eigenvalue weighted by Gasteiger charge is 2.35. The Kier molecular flexibility index (Phi) is 3.54. The van der Waals surface area contributed by atoms with E-state index in [1.54, 1.807) is 0 Å². The summed E-state index contributed by atoms with van der Waals surface area (Å²) in [4.78, 5) is 25.2. The summed E-state index contributed by atoms with van der Waals surface area (Å²) in [5.41, 5.74) is 0.642. The fourth-order valence-corrected chi connectivity index (χ4v) is 2.36. The van der Waals surface area contributed by atoms with Crippen molar-refractivity contribution in [2.75, 3.05) is 12.0 Å². The molecule has 1 aliphatic heterocycles. The zero-order valence-electron chi connectivity index (χ0n) is 11.1. The molecule has 0 saturated heterocycles. The minimum absolute atomic E-state index is 0.0314. The number of anilines is 1. The summed E-state index contributed by atoms with van der Waals surface area (Å²) < 4.78 is 26.2. The Morgan fingerprint density at radius 2 is 1.73 bits per heavy atom. The lowest BCUT2D eigenvalue weighted by Crippen LogP contribution is -2.34. The van der Waals surface area contributed by atoms with Crippen LogP contribution in [0.25, 0.3) is 0 Å². The number of nitrogens with one attached hydrogen (secondary N) is 1. The van der Waals surface area contributed by atoms with Crippen LogP contribution in [0.4, 0.5) is 14.5 Å². The number of imide groups is 1. The van der Waals surface area contributed by atoms with E-state index in [-0.39, 0.29) is 22.8 Å². The molecule has 22 heavy (non-hydrogen) atoms. The molecule has 0 spiro atoms. The minimum Gasteiger partial charge on any atom is -0.367 e. The number of nitrogens with zero attached hydrogens (tertiary/aromatic N) is 1. The van der Waals surface area contributed by atoms with E-state index in [4.69, 9.17) is 11.6 Å². The summed E-state index contributed by atoms with van der Waals surface area (Å²) in [5, 5.41) is 2.73. The lowest BCUT2D eigenvalue weighted by Gasteiger charge is -2.15. The van der Waals surface area contributed by atoms with Gasteiger partial charge in [0, 0.05) is 5.69 Å². The standard InChI is InChI=1S/C15H9ClF2N2O2/c16-12-6-9(2-4-13(12)18)19-7-20-14(21)10-3-1-8(17)5-11(10)15(20)22/h1-6,19H,7H2. The fraction of sp³-hybridized carbons (Fsp3) is 0.0667. The first kappa shape index (κ1) is 14.5. The molecule has 0 aromatic heterocycles. The van der Waals surface area contributed by atoms with Crippen molar-refractivity contribution in [1.82, 2.24) is 4.90 Å².